The zero-order chi connectivity index (χ0) is 18.4. The van der Waals surface area contributed by atoms with Crippen molar-refractivity contribution in [1.29, 1.82) is 0 Å². The third-order valence-corrected chi connectivity index (χ3v) is 5.55. The van der Waals surface area contributed by atoms with E-state index in [0.29, 0.717) is 11.3 Å². The summed E-state index contributed by atoms with van der Waals surface area (Å²) in [6, 6.07) is 8.73. The number of phenols is 1. The van der Waals surface area contributed by atoms with Crippen LogP contribution in [0, 0.1) is 23.0 Å². The molecule has 26 heavy (non-hydrogen) atoms. The zero-order valence-corrected chi connectivity index (χ0v) is 14.6. The number of allylic oxidation sites excluding steroid dienone is 2. The SMILES string of the molecule is COc1cccc(C2Nc3c(ccc([N+](=O)[O-])c3C)C3C=CCC32)c1O. The Bertz CT molecular complexity index is 922. The lowest BCUT2D eigenvalue weighted by Gasteiger charge is -2.38. The van der Waals surface area contributed by atoms with Gasteiger partial charge in [0, 0.05) is 23.2 Å². The van der Waals surface area contributed by atoms with E-state index in [4.69, 9.17) is 4.74 Å². The fraction of sp³-hybridized carbons (Fsp3) is 0.300. The number of nitrogens with one attached hydrogen (secondary N) is 1. The summed E-state index contributed by atoms with van der Waals surface area (Å²) in [7, 11) is 1.52. The van der Waals surface area contributed by atoms with Crippen LogP contribution in [0.15, 0.2) is 42.5 Å². The molecule has 2 aliphatic rings. The van der Waals surface area contributed by atoms with Crippen LogP contribution in [0.25, 0.3) is 0 Å². The van der Waals surface area contributed by atoms with Gasteiger partial charge in [0.05, 0.1) is 23.6 Å². The zero-order valence-electron chi connectivity index (χ0n) is 14.6. The Labute approximate surface area is 151 Å². The molecule has 6 nitrogen and oxygen atoms in total. The van der Waals surface area contributed by atoms with Crippen molar-refractivity contribution in [2.24, 2.45) is 5.92 Å². The number of rotatable bonds is 3. The molecule has 134 valence electrons. The Hall–Kier alpha value is -3.02. The number of nitro groups is 1. The lowest BCUT2D eigenvalue weighted by atomic mass is 9.76. The van der Waals surface area contributed by atoms with E-state index in [1.807, 2.05) is 18.2 Å². The summed E-state index contributed by atoms with van der Waals surface area (Å²) in [4.78, 5) is 11.0. The number of para-hydroxylation sites is 1. The molecule has 1 aliphatic carbocycles. The molecule has 2 aromatic rings. The Morgan fingerprint density at radius 2 is 2.08 bits per heavy atom. The van der Waals surface area contributed by atoms with Crippen LogP contribution >= 0.6 is 0 Å². The molecule has 2 N–H and O–H groups in total. The molecule has 3 atom stereocenters. The van der Waals surface area contributed by atoms with E-state index in [2.05, 4.69) is 17.5 Å². The smallest absolute Gasteiger partial charge is 0.274 e. The number of nitro benzene ring substituents is 1. The van der Waals surface area contributed by atoms with Gasteiger partial charge in [0.2, 0.25) is 0 Å². The first kappa shape index (κ1) is 16.4. The number of hydrogen-bond donors (Lipinski definition) is 2. The fourth-order valence-corrected chi connectivity index (χ4v) is 4.26. The Morgan fingerprint density at radius 1 is 1.27 bits per heavy atom. The van der Waals surface area contributed by atoms with Gasteiger partial charge in [-0.05, 0) is 37.0 Å². The van der Waals surface area contributed by atoms with Gasteiger partial charge < -0.3 is 15.2 Å². The Morgan fingerprint density at radius 3 is 2.81 bits per heavy atom. The maximum atomic E-state index is 11.3. The number of phenolic OH excluding ortho intramolecular Hbond substituents is 1. The lowest BCUT2D eigenvalue weighted by molar-refractivity contribution is -0.385. The molecule has 1 aliphatic heterocycles. The van der Waals surface area contributed by atoms with Crippen molar-refractivity contribution in [3.8, 4) is 11.5 Å². The molecule has 0 spiro atoms. The van der Waals surface area contributed by atoms with Crippen molar-refractivity contribution in [3.63, 3.8) is 0 Å². The molecule has 0 amide bonds. The van der Waals surface area contributed by atoms with E-state index in [1.54, 1.807) is 19.1 Å². The summed E-state index contributed by atoms with van der Waals surface area (Å²) < 4.78 is 5.25. The maximum Gasteiger partial charge on any atom is 0.274 e. The number of benzene rings is 2. The van der Waals surface area contributed by atoms with E-state index >= 15 is 0 Å². The second-order valence-electron chi connectivity index (χ2n) is 6.80. The summed E-state index contributed by atoms with van der Waals surface area (Å²) in [5.74, 6) is 0.945. The summed E-state index contributed by atoms with van der Waals surface area (Å²) in [6.07, 6.45) is 5.20. The fourth-order valence-electron chi connectivity index (χ4n) is 4.26. The quantitative estimate of drug-likeness (QED) is 0.484. The van der Waals surface area contributed by atoms with Crippen molar-refractivity contribution in [2.45, 2.75) is 25.3 Å². The Balaban J connectivity index is 1.86. The highest BCUT2D eigenvalue weighted by atomic mass is 16.6. The van der Waals surface area contributed by atoms with E-state index in [0.717, 1.165) is 23.2 Å². The van der Waals surface area contributed by atoms with Crippen LogP contribution < -0.4 is 10.1 Å². The van der Waals surface area contributed by atoms with Gasteiger partial charge in [0.15, 0.2) is 11.5 Å². The molecule has 3 unspecified atom stereocenters. The van der Waals surface area contributed by atoms with Gasteiger partial charge in [0.25, 0.3) is 5.69 Å². The van der Waals surface area contributed by atoms with Gasteiger partial charge in [-0.1, -0.05) is 24.3 Å². The number of aromatic hydroxyl groups is 1. The molecule has 0 saturated heterocycles. The number of fused-ring (bicyclic) bond motifs is 3. The van der Waals surface area contributed by atoms with Gasteiger partial charge in [-0.2, -0.15) is 0 Å². The number of anilines is 1. The van der Waals surface area contributed by atoms with Crippen LogP contribution in [-0.2, 0) is 0 Å². The molecule has 0 fully saturated rings. The van der Waals surface area contributed by atoms with E-state index < -0.39 is 0 Å². The predicted molar refractivity (Wildman–Crippen MR) is 98.8 cm³/mol. The van der Waals surface area contributed by atoms with Crippen LogP contribution in [0.5, 0.6) is 11.5 Å². The first-order chi connectivity index (χ1) is 12.5. The maximum absolute atomic E-state index is 11.3. The minimum atomic E-state index is -0.355. The third kappa shape index (κ3) is 2.33. The first-order valence-electron chi connectivity index (χ1n) is 8.60. The molecule has 0 saturated carbocycles. The largest absolute Gasteiger partial charge is 0.504 e. The van der Waals surface area contributed by atoms with Crippen molar-refractivity contribution >= 4 is 11.4 Å². The van der Waals surface area contributed by atoms with Gasteiger partial charge >= 0.3 is 0 Å². The van der Waals surface area contributed by atoms with Crippen LogP contribution in [0.2, 0.25) is 0 Å². The van der Waals surface area contributed by atoms with Crippen molar-refractivity contribution in [1.82, 2.24) is 0 Å². The highest BCUT2D eigenvalue weighted by Gasteiger charge is 2.40. The minimum absolute atomic E-state index is 0.102. The monoisotopic (exact) mass is 352 g/mol. The highest BCUT2D eigenvalue weighted by Crippen LogP contribution is 2.53. The van der Waals surface area contributed by atoms with Crippen LogP contribution in [0.4, 0.5) is 11.4 Å². The van der Waals surface area contributed by atoms with Crippen LogP contribution in [-0.4, -0.2) is 17.1 Å². The van der Waals surface area contributed by atoms with Crippen LogP contribution in [0.1, 0.15) is 35.1 Å². The van der Waals surface area contributed by atoms with Gasteiger partial charge in [-0.25, -0.2) is 0 Å². The minimum Gasteiger partial charge on any atom is -0.504 e. The van der Waals surface area contributed by atoms with Gasteiger partial charge in [0.1, 0.15) is 0 Å². The highest BCUT2D eigenvalue weighted by molar-refractivity contribution is 5.70. The normalized spacial score (nSPS) is 23.1. The molecular weight excluding hydrogens is 332 g/mol. The second-order valence-corrected chi connectivity index (χ2v) is 6.80. The molecule has 4 rings (SSSR count). The molecule has 1 heterocycles. The Kier molecular flexibility index (Phi) is 3.83. The van der Waals surface area contributed by atoms with Crippen LogP contribution in [0.3, 0.4) is 0 Å². The summed E-state index contributed by atoms with van der Waals surface area (Å²) in [6.45, 7) is 1.77. The molecule has 0 bridgehead atoms. The average molecular weight is 352 g/mol. The third-order valence-electron chi connectivity index (χ3n) is 5.55. The lowest BCUT2D eigenvalue weighted by Crippen LogP contribution is -2.29. The molecule has 0 radical (unpaired) electrons. The topological polar surface area (TPSA) is 84.6 Å². The number of hydrogen-bond acceptors (Lipinski definition) is 5. The molecular formula is C20H20N2O4. The summed E-state index contributed by atoms with van der Waals surface area (Å²) >= 11 is 0. The number of ether oxygens (including phenoxy) is 1. The van der Waals surface area contributed by atoms with E-state index in [9.17, 15) is 15.2 Å². The van der Waals surface area contributed by atoms with E-state index in [-0.39, 0.29) is 34.2 Å². The molecule has 2 aromatic carbocycles. The van der Waals surface area contributed by atoms with Gasteiger partial charge in [-0.15, -0.1) is 0 Å². The van der Waals surface area contributed by atoms with Crippen molar-refractivity contribution < 1.29 is 14.8 Å². The molecule has 0 aromatic heterocycles. The summed E-state index contributed by atoms with van der Waals surface area (Å²) in [5.41, 5.74) is 3.34. The second kappa shape index (κ2) is 6.05. The number of methoxy groups -OCH3 is 1. The van der Waals surface area contributed by atoms with E-state index in [1.165, 1.54) is 7.11 Å². The van der Waals surface area contributed by atoms with Crippen molar-refractivity contribution in [2.75, 3.05) is 12.4 Å². The molecule has 6 heteroatoms. The predicted octanol–water partition coefficient (Wildman–Crippen LogP) is 4.44. The van der Waals surface area contributed by atoms with Crippen molar-refractivity contribution in [3.05, 3.63) is 69.3 Å². The average Bonchev–Trinajstić information content (AvgIpc) is 3.11. The summed E-state index contributed by atoms with van der Waals surface area (Å²) in [5, 5.41) is 25.4. The number of nitrogens with zero attached hydrogens (tertiary/aromatic N) is 1. The van der Waals surface area contributed by atoms with Gasteiger partial charge in [-0.3, -0.25) is 10.1 Å². The standard InChI is InChI=1S/C20H20N2O4/c1-11-16(22(24)25)10-9-14-12-5-3-6-13(12)19(21-18(11)14)15-7-4-8-17(26-2)20(15)23/h3-5,7-10,12-13,19,21,23H,6H2,1-2H3. The first-order valence-corrected chi connectivity index (χ1v) is 8.60.